The van der Waals surface area contributed by atoms with Gasteiger partial charge in [0.1, 0.15) is 12.4 Å². The van der Waals surface area contributed by atoms with Crippen LogP contribution in [0.2, 0.25) is 5.02 Å². The molecule has 25 heavy (non-hydrogen) atoms. The number of hydrogen-bond acceptors (Lipinski definition) is 4. The number of hydrogen-bond donors (Lipinski definition) is 2. The van der Waals surface area contributed by atoms with E-state index in [-0.39, 0.29) is 5.91 Å². The average molecular weight is 363 g/mol. The van der Waals surface area contributed by atoms with Crippen LogP contribution in [0.15, 0.2) is 48.5 Å². The first-order valence-electron chi connectivity index (χ1n) is 8.14. The molecule has 0 aromatic heterocycles. The van der Waals surface area contributed by atoms with Crippen LogP contribution in [0.5, 0.6) is 5.75 Å². The van der Waals surface area contributed by atoms with E-state index in [0.29, 0.717) is 42.6 Å². The fourth-order valence-corrected chi connectivity index (χ4v) is 2.40. The van der Waals surface area contributed by atoms with Gasteiger partial charge in [-0.2, -0.15) is 0 Å². The Balaban J connectivity index is 1.80. The summed E-state index contributed by atoms with van der Waals surface area (Å²) in [6.45, 7) is 3.06. The van der Waals surface area contributed by atoms with Gasteiger partial charge in [0.15, 0.2) is 0 Å². The minimum Gasteiger partial charge on any atom is -0.489 e. The highest BCUT2D eigenvalue weighted by atomic mass is 35.5. The highest BCUT2D eigenvalue weighted by Crippen LogP contribution is 2.17. The number of carbonyl (C=O) groups excluding carboxylic acids is 1. The van der Waals surface area contributed by atoms with Crippen LogP contribution in [-0.2, 0) is 11.3 Å². The van der Waals surface area contributed by atoms with Crippen LogP contribution in [0.25, 0.3) is 0 Å². The second-order valence-electron chi connectivity index (χ2n) is 5.45. The van der Waals surface area contributed by atoms with E-state index in [2.05, 4.69) is 10.6 Å². The lowest BCUT2D eigenvalue weighted by atomic mass is 10.2. The van der Waals surface area contributed by atoms with Gasteiger partial charge in [-0.25, -0.2) is 0 Å². The van der Waals surface area contributed by atoms with Gasteiger partial charge in [-0.05, 0) is 35.9 Å². The number of halogens is 1. The summed E-state index contributed by atoms with van der Waals surface area (Å²) in [5.41, 5.74) is 1.55. The monoisotopic (exact) mass is 362 g/mol. The third-order valence-corrected chi connectivity index (χ3v) is 3.70. The zero-order valence-electron chi connectivity index (χ0n) is 14.3. The largest absolute Gasteiger partial charge is 0.489 e. The van der Waals surface area contributed by atoms with Gasteiger partial charge in [0.25, 0.3) is 5.91 Å². The lowest BCUT2D eigenvalue weighted by Crippen LogP contribution is -2.33. The summed E-state index contributed by atoms with van der Waals surface area (Å²) in [7, 11) is 1.66. The molecule has 0 spiro atoms. The molecule has 2 aromatic carbocycles. The first-order chi connectivity index (χ1) is 12.2. The van der Waals surface area contributed by atoms with Crippen molar-refractivity contribution in [2.75, 3.05) is 33.4 Å². The fraction of sp³-hybridized carbons (Fsp3) is 0.316. The molecular formula is C19H23ClN2O3. The van der Waals surface area contributed by atoms with Gasteiger partial charge < -0.3 is 20.1 Å². The summed E-state index contributed by atoms with van der Waals surface area (Å²) in [5, 5.41) is 6.72. The van der Waals surface area contributed by atoms with E-state index in [1.54, 1.807) is 25.3 Å². The normalized spacial score (nSPS) is 10.5. The van der Waals surface area contributed by atoms with Crippen LogP contribution in [0.4, 0.5) is 0 Å². The van der Waals surface area contributed by atoms with Crippen molar-refractivity contribution in [3.63, 3.8) is 0 Å². The fourth-order valence-electron chi connectivity index (χ4n) is 2.19. The Hall–Kier alpha value is -2.08. The molecule has 0 heterocycles. The molecule has 0 radical (unpaired) electrons. The van der Waals surface area contributed by atoms with E-state index >= 15 is 0 Å². The Bertz CT molecular complexity index is 679. The molecule has 6 heteroatoms. The van der Waals surface area contributed by atoms with Crippen molar-refractivity contribution in [2.24, 2.45) is 0 Å². The molecule has 0 unspecified atom stereocenters. The highest BCUT2D eigenvalue weighted by molar-refractivity contribution is 6.30. The predicted octanol–water partition coefficient (Wildman–Crippen LogP) is 2.88. The zero-order chi connectivity index (χ0) is 17.9. The molecule has 0 bridgehead atoms. The van der Waals surface area contributed by atoms with Crippen molar-refractivity contribution in [1.29, 1.82) is 0 Å². The highest BCUT2D eigenvalue weighted by Gasteiger charge is 2.06. The molecule has 5 nitrogen and oxygen atoms in total. The molecule has 1 amide bonds. The lowest BCUT2D eigenvalue weighted by molar-refractivity contribution is 0.0953. The summed E-state index contributed by atoms with van der Waals surface area (Å²) in [5.74, 6) is 0.521. The van der Waals surface area contributed by atoms with Crippen molar-refractivity contribution in [3.8, 4) is 5.75 Å². The number of methoxy groups -OCH3 is 1. The number of rotatable bonds is 10. The van der Waals surface area contributed by atoms with E-state index in [1.807, 2.05) is 30.3 Å². The third kappa shape index (κ3) is 7.13. The topological polar surface area (TPSA) is 59.6 Å². The summed E-state index contributed by atoms with van der Waals surface area (Å²) < 4.78 is 10.7. The smallest absolute Gasteiger partial charge is 0.251 e. The van der Waals surface area contributed by atoms with Crippen LogP contribution >= 0.6 is 11.6 Å². The predicted molar refractivity (Wildman–Crippen MR) is 99.3 cm³/mol. The molecule has 0 saturated heterocycles. The lowest BCUT2D eigenvalue weighted by Gasteiger charge is -2.09. The van der Waals surface area contributed by atoms with Gasteiger partial charge in [-0.1, -0.05) is 29.8 Å². The Morgan fingerprint density at radius 1 is 1.08 bits per heavy atom. The van der Waals surface area contributed by atoms with Crippen molar-refractivity contribution < 1.29 is 14.3 Å². The Morgan fingerprint density at radius 2 is 1.92 bits per heavy atom. The quantitative estimate of drug-likeness (QED) is 0.638. The average Bonchev–Trinajstić information content (AvgIpc) is 2.63. The van der Waals surface area contributed by atoms with E-state index in [9.17, 15) is 4.79 Å². The molecule has 134 valence electrons. The Labute approximate surface area is 153 Å². The summed E-state index contributed by atoms with van der Waals surface area (Å²) in [6.07, 6.45) is 0. The van der Waals surface area contributed by atoms with Crippen LogP contribution < -0.4 is 15.4 Å². The number of carbonyl (C=O) groups is 1. The van der Waals surface area contributed by atoms with Crippen LogP contribution in [-0.4, -0.2) is 39.3 Å². The van der Waals surface area contributed by atoms with E-state index in [1.165, 1.54) is 0 Å². The molecule has 0 aliphatic heterocycles. The van der Waals surface area contributed by atoms with Gasteiger partial charge in [-0.3, -0.25) is 4.79 Å². The first kappa shape index (κ1) is 19.2. The second kappa shape index (κ2) is 10.7. The molecule has 0 atom stereocenters. The van der Waals surface area contributed by atoms with Gasteiger partial charge in [0, 0.05) is 37.3 Å². The molecule has 0 aliphatic rings. The molecule has 2 aromatic rings. The summed E-state index contributed by atoms with van der Waals surface area (Å²) in [6, 6.07) is 14.6. The third-order valence-electron chi connectivity index (χ3n) is 3.46. The minimum absolute atomic E-state index is 0.123. The number of benzene rings is 2. The SMILES string of the molecule is COCCNCCNC(=O)c1cccc(OCc2cccc(Cl)c2)c1. The maximum absolute atomic E-state index is 12.2. The molecule has 0 fully saturated rings. The molecular weight excluding hydrogens is 340 g/mol. The van der Waals surface area contributed by atoms with Crippen molar-refractivity contribution in [1.82, 2.24) is 10.6 Å². The molecule has 0 aliphatic carbocycles. The van der Waals surface area contributed by atoms with Gasteiger partial charge in [-0.15, -0.1) is 0 Å². The van der Waals surface area contributed by atoms with Crippen LogP contribution in [0.1, 0.15) is 15.9 Å². The molecule has 2 rings (SSSR count). The van der Waals surface area contributed by atoms with Crippen LogP contribution in [0, 0.1) is 0 Å². The van der Waals surface area contributed by atoms with E-state index in [0.717, 1.165) is 12.1 Å². The second-order valence-corrected chi connectivity index (χ2v) is 5.88. The Morgan fingerprint density at radius 3 is 2.72 bits per heavy atom. The number of amides is 1. The van der Waals surface area contributed by atoms with Gasteiger partial charge in [0.2, 0.25) is 0 Å². The molecule has 2 N–H and O–H groups in total. The zero-order valence-corrected chi connectivity index (χ0v) is 15.0. The van der Waals surface area contributed by atoms with Crippen molar-refractivity contribution in [2.45, 2.75) is 6.61 Å². The number of ether oxygens (including phenoxy) is 2. The van der Waals surface area contributed by atoms with E-state index < -0.39 is 0 Å². The van der Waals surface area contributed by atoms with Gasteiger partial charge in [0.05, 0.1) is 6.61 Å². The standard InChI is InChI=1S/C19H23ClN2O3/c1-24-11-10-21-8-9-22-19(23)16-5-3-7-18(13-16)25-14-15-4-2-6-17(20)12-15/h2-7,12-13,21H,8-11,14H2,1H3,(H,22,23). The maximum Gasteiger partial charge on any atom is 0.251 e. The maximum atomic E-state index is 12.2. The summed E-state index contributed by atoms with van der Waals surface area (Å²) in [4.78, 5) is 12.2. The Kier molecular flexibility index (Phi) is 8.25. The molecule has 0 saturated carbocycles. The van der Waals surface area contributed by atoms with Gasteiger partial charge >= 0.3 is 0 Å². The summed E-state index contributed by atoms with van der Waals surface area (Å²) >= 11 is 5.96. The van der Waals surface area contributed by atoms with Crippen LogP contribution in [0.3, 0.4) is 0 Å². The minimum atomic E-state index is -0.123. The van der Waals surface area contributed by atoms with E-state index in [4.69, 9.17) is 21.1 Å². The number of nitrogens with one attached hydrogen (secondary N) is 2. The van der Waals surface area contributed by atoms with Crippen molar-refractivity contribution >= 4 is 17.5 Å². The first-order valence-corrected chi connectivity index (χ1v) is 8.52. The van der Waals surface area contributed by atoms with Crippen molar-refractivity contribution in [3.05, 3.63) is 64.7 Å².